The highest BCUT2D eigenvalue weighted by atomic mass is 16.3. The number of hydrogen-bond donors (Lipinski definition) is 0. The standard InChI is InChI=1S/C20H21N2O2/c1-4-21-18-14-15(2)10-11-19(18)24-20(21)12-13-22(16(3)23)17-8-6-5-7-9-17/h5-14H,4H2,1-3H3/q+1. The minimum Gasteiger partial charge on any atom is -0.398 e. The number of carbonyl (C=O) groups excluding carboxylic acids is 1. The number of rotatable bonds is 4. The van der Waals surface area contributed by atoms with Crippen LogP contribution in [-0.2, 0) is 11.3 Å². The lowest BCUT2D eigenvalue weighted by Crippen LogP contribution is -2.34. The first-order valence-corrected chi connectivity index (χ1v) is 8.06. The average molecular weight is 321 g/mol. The lowest BCUT2D eigenvalue weighted by molar-refractivity contribution is -0.674. The van der Waals surface area contributed by atoms with E-state index in [4.69, 9.17) is 4.42 Å². The highest BCUT2D eigenvalue weighted by molar-refractivity contribution is 5.94. The summed E-state index contributed by atoms with van der Waals surface area (Å²) in [6, 6.07) is 15.7. The van der Waals surface area contributed by atoms with E-state index in [1.165, 1.54) is 5.56 Å². The molecule has 0 N–H and O–H groups in total. The molecule has 0 bridgehead atoms. The Kier molecular flexibility index (Phi) is 4.47. The van der Waals surface area contributed by atoms with Crippen LogP contribution in [0.5, 0.6) is 0 Å². The summed E-state index contributed by atoms with van der Waals surface area (Å²) in [5, 5.41) is 0. The number of oxazole rings is 1. The Hall–Kier alpha value is -2.88. The lowest BCUT2D eigenvalue weighted by atomic mass is 10.2. The van der Waals surface area contributed by atoms with Crippen molar-refractivity contribution in [3.8, 4) is 0 Å². The average Bonchev–Trinajstić information content (AvgIpc) is 2.92. The predicted octanol–water partition coefficient (Wildman–Crippen LogP) is 4.07. The third kappa shape index (κ3) is 3.08. The van der Waals surface area contributed by atoms with E-state index >= 15 is 0 Å². The molecule has 1 amide bonds. The Bertz CT molecular complexity index is 895. The zero-order valence-electron chi connectivity index (χ0n) is 14.2. The molecule has 0 radical (unpaired) electrons. The van der Waals surface area contributed by atoms with Gasteiger partial charge in [0.25, 0.3) is 5.52 Å². The Morgan fingerprint density at radius 3 is 2.62 bits per heavy atom. The summed E-state index contributed by atoms with van der Waals surface area (Å²) in [7, 11) is 0. The molecule has 0 saturated carbocycles. The molecule has 24 heavy (non-hydrogen) atoms. The number of benzene rings is 2. The van der Waals surface area contributed by atoms with Crippen LogP contribution in [0.4, 0.5) is 5.69 Å². The number of aryl methyl sites for hydroxylation is 2. The van der Waals surface area contributed by atoms with Gasteiger partial charge in [-0.1, -0.05) is 24.3 Å². The van der Waals surface area contributed by atoms with Gasteiger partial charge in [-0.2, -0.15) is 4.57 Å². The molecule has 0 aliphatic rings. The molecule has 4 heteroatoms. The van der Waals surface area contributed by atoms with E-state index in [1.54, 1.807) is 18.0 Å². The molecule has 0 atom stereocenters. The number of para-hydroxylation sites is 1. The summed E-state index contributed by atoms with van der Waals surface area (Å²) in [4.78, 5) is 13.6. The fraction of sp³-hybridized carbons (Fsp3) is 0.200. The topological polar surface area (TPSA) is 37.3 Å². The highest BCUT2D eigenvalue weighted by Crippen LogP contribution is 2.18. The van der Waals surface area contributed by atoms with Gasteiger partial charge in [0.2, 0.25) is 11.5 Å². The van der Waals surface area contributed by atoms with Crippen LogP contribution in [0, 0.1) is 6.92 Å². The normalized spacial score (nSPS) is 11.3. The number of fused-ring (bicyclic) bond motifs is 1. The summed E-state index contributed by atoms with van der Waals surface area (Å²) < 4.78 is 8.05. The second-order valence-corrected chi connectivity index (χ2v) is 5.70. The molecule has 0 fully saturated rings. The van der Waals surface area contributed by atoms with Crippen molar-refractivity contribution >= 4 is 28.8 Å². The Morgan fingerprint density at radius 1 is 1.21 bits per heavy atom. The van der Waals surface area contributed by atoms with Crippen molar-refractivity contribution in [1.82, 2.24) is 0 Å². The van der Waals surface area contributed by atoms with Crippen LogP contribution >= 0.6 is 0 Å². The molecule has 3 aromatic rings. The van der Waals surface area contributed by atoms with Crippen molar-refractivity contribution in [2.24, 2.45) is 0 Å². The molecule has 0 aliphatic carbocycles. The van der Waals surface area contributed by atoms with Gasteiger partial charge in [0.15, 0.2) is 0 Å². The fourth-order valence-corrected chi connectivity index (χ4v) is 2.76. The maximum Gasteiger partial charge on any atom is 0.375 e. The van der Waals surface area contributed by atoms with Crippen LogP contribution in [0.15, 0.2) is 59.1 Å². The van der Waals surface area contributed by atoms with E-state index < -0.39 is 0 Å². The first-order chi connectivity index (χ1) is 11.6. The summed E-state index contributed by atoms with van der Waals surface area (Å²) in [6.07, 6.45) is 3.60. The smallest absolute Gasteiger partial charge is 0.375 e. The molecular formula is C20H21N2O2+. The largest absolute Gasteiger partial charge is 0.398 e. The van der Waals surface area contributed by atoms with Crippen molar-refractivity contribution in [2.75, 3.05) is 4.90 Å². The number of aromatic nitrogens is 1. The Labute approximate surface area is 141 Å². The first kappa shape index (κ1) is 16.0. The molecule has 0 aliphatic heterocycles. The van der Waals surface area contributed by atoms with Crippen LogP contribution in [0.2, 0.25) is 0 Å². The number of hydrogen-bond acceptors (Lipinski definition) is 2. The van der Waals surface area contributed by atoms with Gasteiger partial charge < -0.3 is 4.42 Å². The highest BCUT2D eigenvalue weighted by Gasteiger charge is 2.19. The van der Waals surface area contributed by atoms with Gasteiger partial charge >= 0.3 is 5.89 Å². The van der Waals surface area contributed by atoms with Crippen LogP contribution in [0.3, 0.4) is 0 Å². The van der Waals surface area contributed by atoms with Gasteiger partial charge in [-0.3, -0.25) is 9.69 Å². The Morgan fingerprint density at radius 2 is 1.96 bits per heavy atom. The van der Waals surface area contributed by atoms with E-state index in [0.29, 0.717) is 0 Å². The van der Waals surface area contributed by atoms with E-state index in [1.807, 2.05) is 48.5 Å². The number of anilines is 1. The molecule has 2 aromatic carbocycles. The van der Waals surface area contributed by atoms with Gasteiger partial charge in [-0.05, 0) is 37.6 Å². The fourth-order valence-electron chi connectivity index (χ4n) is 2.76. The minimum atomic E-state index is -0.0487. The number of nitrogens with zero attached hydrogens (tertiary/aromatic N) is 2. The SMILES string of the molecule is CC[n+]1c(C=CN(C(C)=O)c2ccccc2)oc2ccc(C)cc21. The van der Waals surface area contributed by atoms with Gasteiger partial charge in [0.05, 0.1) is 6.08 Å². The van der Waals surface area contributed by atoms with Gasteiger partial charge in [0, 0.05) is 24.9 Å². The first-order valence-electron chi connectivity index (χ1n) is 8.06. The summed E-state index contributed by atoms with van der Waals surface area (Å²) >= 11 is 0. The zero-order valence-corrected chi connectivity index (χ0v) is 14.2. The third-order valence-corrected chi connectivity index (χ3v) is 3.94. The van der Waals surface area contributed by atoms with Crippen LogP contribution in [0.25, 0.3) is 17.2 Å². The van der Waals surface area contributed by atoms with Gasteiger partial charge in [0.1, 0.15) is 6.54 Å². The summed E-state index contributed by atoms with van der Waals surface area (Å²) in [5.41, 5.74) is 3.93. The van der Waals surface area contributed by atoms with Crippen molar-refractivity contribution < 1.29 is 13.8 Å². The minimum absolute atomic E-state index is 0.0487. The van der Waals surface area contributed by atoms with Crippen molar-refractivity contribution in [3.63, 3.8) is 0 Å². The Balaban J connectivity index is 2.01. The molecule has 1 heterocycles. The second kappa shape index (κ2) is 6.71. The van der Waals surface area contributed by atoms with Gasteiger partial charge in [-0.25, -0.2) is 0 Å². The van der Waals surface area contributed by atoms with E-state index in [9.17, 15) is 4.79 Å². The number of carbonyl (C=O) groups is 1. The zero-order chi connectivity index (χ0) is 17.1. The maximum atomic E-state index is 12.0. The number of amides is 1. The lowest BCUT2D eigenvalue weighted by Gasteiger charge is -2.15. The van der Waals surface area contributed by atoms with Crippen LogP contribution < -0.4 is 9.47 Å². The molecule has 0 unspecified atom stereocenters. The molecule has 1 aromatic heterocycles. The molecule has 4 nitrogen and oxygen atoms in total. The van der Waals surface area contributed by atoms with Crippen molar-refractivity contribution in [2.45, 2.75) is 27.3 Å². The van der Waals surface area contributed by atoms with E-state index in [-0.39, 0.29) is 5.91 Å². The molecule has 0 saturated heterocycles. The van der Waals surface area contributed by atoms with Crippen molar-refractivity contribution in [1.29, 1.82) is 0 Å². The van der Waals surface area contributed by atoms with E-state index in [2.05, 4.69) is 24.5 Å². The molecule has 3 rings (SSSR count). The molecule has 122 valence electrons. The van der Waals surface area contributed by atoms with E-state index in [0.717, 1.165) is 29.2 Å². The third-order valence-electron chi connectivity index (χ3n) is 3.94. The maximum absolute atomic E-state index is 12.0. The van der Waals surface area contributed by atoms with Crippen LogP contribution in [-0.4, -0.2) is 5.91 Å². The summed E-state index contributed by atoms with van der Waals surface area (Å²) in [5.74, 6) is 0.674. The van der Waals surface area contributed by atoms with Crippen molar-refractivity contribution in [3.05, 3.63) is 66.2 Å². The predicted molar refractivity (Wildman–Crippen MR) is 95.5 cm³/mol. The molecule has 0 spiro atoms. The van der Waals surface area contributed by atoms with Crippen LogP contribution in [0.1, 0.15) is 25.3 Å². The quantitative estimate of drug-likeness (QED) is 0.679. The summed E-state index contributed by atoms with van der Waals surface area (Å²) in [6.45, 7) is 6.48. The van der Waals surface area contributed by atoms with Gasteiger partial charge in [-0.15, -0.1) is 0 Å². The molecular weight excluding hydrogens is 300 g/mol. The monoisotopic (exact) mass is 321 g/mol. The second-order valence-electron chi connectivity index (χ2n) is 5.70.